The fourth-order valence-electron chi connectivity index (χ4n) is 2.32. The van der Waals surface area contributed by atoms with Crippen LogP contribution in [0.2, 0.25) is 0 Å². The Morgan fingerprint density at radius 2 is 2.14 bits per heavy atom. The van der Waals surface area contributed by atoms with Crippen LogP contribution < -0.4 is 10.2 Å². The van der Waals surface area contributed by atoms with E-state index in [2.05, 4.69) is 22.1 Å². The van der Waals surface area contributed by atoms with Crippen LogP contribution in [0.3, 0.4) is 0 Å². The Balaban J connectivity index is 2.13. The van der Waals surface area contributed by atoms with Crippen molar-refractivity contribution < 1.29 is 4.39 Å². The Kier molecular flexibility index (Phi) is 5.69. The van der Waals surface area contributed by atoms with Gasteiger partial charge < -0.3 is 10.2 Å². The number of hydrogen-bond acceptors (Lipinski definition) is 3. The van der Waals surface area contributed by atoms with E-state index in [0.717, 1.165) is 36.3 Å². The molecular formula is C17H22FN3. The fourth-order valence-corrected chi connectivity index (χ4v) is 2.32. The lowest BCUT2D eigenvalue weighted by Gasteiger charge is -2.23. The standard InChI is InChI=1S/C17H22FN3/c1-3-8-19-12-15-10-16(18)6-7-17(15)21(2)13-14-5-4-9-20-11-14/h4-7,9-11,19H,3,8,12-13H2,1-2H3. The average molecular weight is 287 g/mol. The van der Waals surface area contributed by atoms with E-state index in [-0.39, 0.29) is 5.82 Å². The largest absolute Gasteiger partial charge is 0.370 e. The molecule has 1 N–H and O–H groups in total. The summed E-state index contributed by atoms with van der Waals surface area (Å²) in [7, 11) is 2.02. The third-order valence-corrected chi connectivity index (χ3v) is 3.34. The second-order valence-electron chi connectivity index (χ2n) is 5.17. The van der Waals surface area contributed by atoms with Crippen LogP contribution in [0, 0.1) is 5.82 Å². The molecule has 3 nitrogen and oxygen atoms in total. The maximum Gasteiger partial charge on any atom is 0.123 e. The molecule has 0 radical (unpaired) electrons. The van der Waals surface area contributed by atoms with E-state index >= 15 is 0 Å². The highest BCUT2D eigenvalue weighted by molar-refractivity contribution is 5.53. The second-order valence-corrected chi connectivity index (χ2v) is 5.17. The third-order valence-electron chi connectivity index (χ3n) is 3.34. The van der Waals surface area contributed by atoms with Crippen LogP contribution in [0.25, 0.3) is 0 Å². The SMILES string of the molecule is CCCNCc1cc(F)ccc1N(C)Cc1cccnc1. The number of benzene rings is 1. The van der Waals surface area contributed by atoms with Crippen LogP contribution in [0.15, 0.2) is 42.7 Å². The van der Waals surface area contributed by atoms with Crippen LogP contribution in [0.1, 0.15) is 24.5 Å². The lowest BCUT2D eigenvalue weighted by molar-refractivity contribution is 0.618. The van der Waals surface area contributed by atoms with Gasteiger partial charge in [0, 0.05) is 38.2 Å². The van der Waals surface area contributed by atoms with Gasteiger partial charge in [-0.05, 0) is 48.4 Å². The molecule has 0 bridgehead atoms. The minimum atomic E-state index is -0.193. The van der Waals surface area contributed by atoms with E-state index in [9.17, 15) is 4.39 Å². The molecule has 1 aromatic carbocycles. The van der Waals surface area contributed by atoms with Crippen LogP contribution in [0.4, 0.5) is 10.1 Å². The number of nitrogens with zero attached hydrogens (tertiary/aromatic N) is 2. The van der Waals surface area contributed by atoms with E-state index in [1.54, 1.807) is 12.3 Å². The topological polar surface area (TPSA) is 28.2 Å². The molecule has 0 saturated carbocycles. The molecule has 112 valence electrons. The molecule has 0 amide bonds. The maximum absolute atomic E-state index is 13.5. The molecule has 21 heavy (non-hydrogen) atoms. The van der Waals surface area contributed by atoms with Crippen molar-refractivity contribution in [1.29, 1.82) is 0 Å². The zero-order chi connectivity index (χ0) is 15.1. The first-order chi connectivity index (χ1) is 10.2. The Labute approximate surface area is 125 Å². The first-order valence-electron chi connectivity index (χ1n) is 7.30. The zero-order valence-corrected chi connectivity index (χ0v) is 12.6. The smallest absolute Gasteiger partial charge is 0.123 e. The van der Waals surface area contributed by atoms with Crippen molar-refractivity contribution in [3.63, 3.8) is 0 Å². The van der Waals surface area contributed by atoms with Crippen LogP contribution in [0.5, 0.6) is 0 Å². The quantitative estimate of drug-likeness (QED) is 0.792. The molecule has 0 unspecified atom stereocenters. The van der Waals surface area contributed by atoms with Crippen LogP contribution in [-0.4, -0.2) is 18.6 Å². The van der Waals surface area contributed by atoms with Crippen LogP contribution in [-0.2, 0) is 13.1 Å². The van der Waals surface area contributed by atoms with Gasteiger partial charge in [0.05, 0.1) is 0 Å². The van der Waals surface area contributed by atoms with E-state index in [1.165, 1.54) is 6.07 Å². The zero-order valence-electron chi connectivity index (χ0n) is 12.6. The van der Waals surface area contributed by atoms with E-state index in [4.69, 9.17) is 0 Å². The van der Waals surface area contributed by atoms with Gasteiger partial charge in [0.2, 0.25) is 0 Å². The molecule has 1 heterocycles. The predicted molar refractivity (Wildman–Crippen MR) is 84.7 cm³/mol. The van der Waals surface area contributed by atoms with Gasteiger partial charge in [0.15, 0.2) is 0 Å². The van der Waals surface area contributed by atoms with Crippen molar-refractivity contribution in [1.82, 2.24) is 10.3 Å². The van der Waals surface area contributed by atoms with Gasteiger partial charge in [-0.15, -0.1) is 0 Å². The molecule has 0 saturated heterocycles. The number of halogens is 1. The van der Waals surface area contributed by atoms with Crippen LogP contribution >= 0.6 is 0 Å². The summed E-state index contributed by atoms with van der Waals surface area (Å²) < 4.78 is 13.5. The maximum atomic E-state index is 13.5. The van der Waals surface area contributed by atoms with Crippen molar-refractivity contribution in [3.8, 4) is 0 Å². The van der Waals surface area contributed by atoms with Gasteiger partial charge in [-0.1, -0.05) is 13.0 Å². The summed E-state index contributed by atoms with van der Waals surface area (Å²) in [4.78, 5) is 6.25. The molecule has 0 spiro atoms. The molecule has 4 heteroatoms. The Morgan fingerprint density at radius 3 is 2.86 bits per heavy atom. The molecule has 0 atom stereocenters. The lowest BCUT2D eigenvalue weighted by atomic mass is 10.1. The van der Waals surface area contributed by atoms with Gasteiger partial charge in [0.1, 0.15) is 5.82 Å². The summed E-state index contributed by atoms with van der Waals surface area (Å²) >= 11 is 0. The Bertz CT molecular complexity index is 557. The molecule has 2 rings (SSSR count). The van der Waals surface area contributed by atoms with E-state index < -0.39 is 0 Å². The lowest BCUT2D eigenvalue weighted by Crippen LogP contribution is -2.21. The Hall–Kier alpha value is -1.94. The van der Waals surface area contributed by atoms with Gasteiger partial charge in [-0.2, -0.15) is 0 Å². The molecule has 0 fully saturated rings. The summed E-state index contributed by atoms with van der Waals surface area (Å²) in [5, 5.41) is 3.33. The second kappa shape index (κ2) is 7.74. The summed E-state index contributed by atoms with van der Waals surface area (Å²) in [5.74, 6) is -0.193. The summed E-state index contributed by atoms with van der Waals surface area (Å²) in [6.07, 6.45) is 4.69. The third kappa shape index (κ3) is 4.53. The first-order valence-corrected chi connectivity index (χ1v) is 7.30. The number of pyridine rings is 1. The fraction of sp³-hybridized carbons (Fsp3) is 0.353. The minimum absolute atomic E-state index is 0.193. The summed E-state index contributed by atoms with van der Waals surface area (Å²) in [6.45, 7) is 4.48. The highest BCUT2D eigenvalue weighted by Gasteiger charge is 2.09. The summed E-state index contributed by atoms with van der Waals surface area (Å²) in [5.41, 5.74) is 3.16. The molecule has 2 aromatic rings. The van der Waals surface area contributed by atoms with Gasteiger partial charge in [0.25, 0.3) is 0 Å². The Morgan fingerprint density at radius 1 is 1.29 bits per heavy atom. The number of rotatable bonds is 7. The molecule has 0 aliphatic rings. The number of nitrogens with one attached hydrogen (secondary N) is 1. The number of anilines is 1. The first kappa shape index (κ1) is 15.4. The van der Waals surface area contributed by atoms with Crippen molar-refractivity contribution >= 4 is 5.69 Å². The molecule has 1 aromatic heterocycles. The van der Waals surface area contributed by atoms with Crippen molar-refractivity contribution in [2.24, 2.45) is 0 Å². The normalized spacial score (nSPS) is 10.6. The minimum Gasteiger partial charge on any atom is -0.370 e. The van der Waals surface area contributed by atoms with Crippen molar-refractivity contribution in [3.05, 3.63) is 59.7 Å². The highest BCUT2D eigenvalue weighted by atomic mass is 19.1. The highest BCUT2D eigenvalue weighted by Crippen LogP contribution is 2.22. The molecule has 0 aliphatic heterocycles. The summed E-state index contributed by atoms with van der Waals surface area (Å²) in [6, 6.07) is 8.93. The van der Waals surface area contributed by atoms with Gasteiger partial charge in [-0.3, -0.25) is 4.98 Å². The van der Waals surface area contributed by atoms with E-state index in [0.29, 0.717) is 6.54 Å². The average Bonchev–Trinajstić information content (AvgIpc) is 2.48. The monoisotopic (exact) mass is 287 g/mol. The van der Waals surface area contributed by atoms with Gasteiger partial charge >= 0.3 is 0 Å². The molecular weight excluding hydrogens is 265 g/mol. The number of aromatic nitrogens is 1. The van der Waals surface area contributed by atoms with E-state index in [1.807, 2.05) is 31.4 Å². The van der Waals surface area contributed by atoms with Gasteiger partial charge in [-0.25, -0.2) is 4.39 Å². The van der Waals surface area contributed by atoms with Crippen molar-refractivity contribution in [2.45, 2.75) is 26.4 Å². The van der Waals surface area contributed by atoms with Crippen molar-refractivity contribution in [2.75, 3.05) is 18.5 Å². The predicted octanol–water partition coefficient (Wildman–Crippen LogP) is 3.36. The molecule has 0 aliphatic carbocycles. The number of hydrogen-bond donors (Lipinski definition) is 1.